The van der Waals surface area contributed by atoms with Crippen molar-refractivity contribution in [3.63, 3.8) is 0 Å². The van der Waals surface area contributed by atoms with Crippen LogP contribution in [0.1, 0.15) is 24.8 Å². The van der Waals surface area contributed by atoms with Crippen LogP contribution in [0.25, 0.3) is 0 Å². The van der Waals surface area contributed by atoms with Crippen molar-refractivity contribution in [2.24, 2.45) is 5.92 Å². The Morgan fingerprint density at radius 2 is 1.93 bits per heavy atom. The zero-order valence-corrected chi connectivity index (χ0v) is 27.3. The Balaban J connectivity index is 1.39. The van der Waals surface area contributed by atoms with E-state index in [2.05, 4.69) is 17.5 Å². The maximum absolute atomic E-state index is 14.3. The topological polar surface area (TPSA) is 136 Å². The molecule has 2 aromatic rings. The van der Waals surface area contributed by atoms with Crippen molar-refractivity contribution in [3.05, 3.63) is 66.2 Å². The Bertz CT molecular complexity index is 1420. The minimum Gasteiger partial charge on any atom is -0.497 e. The van der Waals surface area contributed by atoms with E-state index in [-0.39, 0.29) is 49.0 Å². The quantitative estimate of drug-likeness (QED) is 0.408. The molecule has 3 aliphatic rings. The summed E-state index contributed by atoms with van der Waals surface area (Å²) in [5.41, 5.74) is 0.863. The number of hydrogen-bond acceptors (Lipinski definition) is 10. The molecular weight excluding hydrogens is 614 g/mol. The number of likely N-dealkylation sites (N-methyl/N-ethyl adjacent to an activating group) is 1. The van der Waals surface area contributed by atoms with E-state index in [1.165, 1.54) is 17.5 Å². The van der Waals surface area contributed by atoms with Gasteiger partial charge in [0.05, 0.1) is 45.0 Å². The van der Waals surface area contributed by atoms with Crippen molar-refractivity contribution in [2.45, 2.75) is 55.1 Å². The van der Waals surface area contributed by atoms with E-state index in [9.17, 15) is 18.3 Å². The number of nitrogens with zero attached hydrogens (tertiary/aromatic N) is 2. The molecule has 0 unspecified atom stereocenters. The molecule has 46 heavy (non-hydrogen) atoms. The molecule has 5 atom stereocenters. The summed E-state index contributed by atoms with van der Waals surface area (Å²) in [5, 5.41) is 14.5. The number of methoxy groups -OCH3 is 1. The second-order valence-corrected chi connectivity index (χ2v) is 13.8. The molecular formula is C33H45N3O9S. The first-order valence-corrected chi connectivity index (χ1v) is 17.3. The van der Waals surface area contributed by atoms with E-state index in [0.717, 1.165) is 18.4 Å². The van der Waals surface area contributed by atoms with E-state index in [4.69, 9.17) is 23.7 Å². The van der Waals surface area contributed by atoms with Crippen molar-refractivity contribution in [2.75, 3.05) is 60.2 Å². The van der Waals surface area contributed by atoms with Gasteiger partial charge in [-0.3, -0.25) is 0 Å². The third kappa shape index (κ3) is 8.78. The molecule has 0 radical (unpaired) electrons. The van der Waals surface area contributed by atoms with Crippen molar-refractivity contribution in [1.29, 1.82) is 0 Å². The van der Waals surface area contributed by atoms with Crippen LogP contribution in [0, 0.1) is 5.92 Å². The largest absolute Gasteiger partial charge is 0.497 e. The number of amides is 1. The van der Waals surface area contributed by atoms with E-state index in [1.54, 1.807) is 12.1 Å². The zero-order chi connectivity index (χ0) is 32.5. The third-order valence-corrected chi connectivity index (χ3v) is 10.5. The summed E-state index contributed by atoms with van der Waals surface area (Å²) >= 11 is 0. The van der Waals surface area contributed by atoms with E-state index in [0.29, 0.717) is 38.5 Å². The highest BCUT2D eigenvalue weighted by atomic mass is 32.2. The normalized spacial score (nSPS) is 26.0. The summed E-state index contributed by atoms with van der Waals surface area (Å²) in [5.74, 6) is 0.607. The molecule has 0 aromatic heterocycles. The molecule has 2 N–H and O–H groups in total. The van der Waals surface area contributed by atoms with Crippen LogP contribution in [-0.2, 0) is 30.7 Å². The zero-order valence-electron chi connectivity index (χ0n) is 26.5. The van der Waals surface area contributed by atoms with Crippen LogP contribution in [0.4, 0.5) is 4.79 Å². The first-order chi connectivity index (χ1) is 22.2. The number of allylic oxidation sites excluding steroid dienone is 1. The number of benzene rings is 2. The van der Waals surface area contributed by atoms with E-state index < -0.39 is 34.4 Å². The van der Waals surface area contributed by atoms with Crippen molar-refractivity contribution >= 4 is 16.1 Å². The number of rotatable bonds is 8. The van der Waals surface area contributed by atoms with Gasteiger partial charge in [0, 0.05) is 32.2 Å². The number of aliphatic hydroxyl groups is 1. The van der Waals surface area contributed by atoms with E-state index in [1.807, 2.05) is 42.3 Å². The van der Waals surface area contributed by atoms with Crippen LogP contribution in [-0.4, -0.2) is 114 Å². The summed E-state index contributed by atoms with van der Waals surface area (Å²) in [6.07, 6.45) is 3.81. The Morgan fingerprint density at radius 3 is 2.74 bits per heavy atom. The molecule has 252 valence electrons. The fourth-order valence-corrected chi connectivity index (χ4v) is 7.44. The van der Waals surface area contributed by atoms with Crippen molar-refractivity contribution in [1.82, 2.24) is 14.5 Å². The maximum Gasteiger partial charge on any atom is 0.407 e. The summed E-state index contributed by atoms with van der Waals surface area (Å²) < 4.78 is 58.1. The lowest BCUT2D eigenvalue weighted by Gasteiger charge is -2.31. The fourth-order valence-electron chi connectivity index (χ4n) is 5.88. The highest BCUT2D eigenvalue weighted by Crippen LogP contribution is 2.34. The lowest BCUT2D eigenvalue weighted by Crippen LogP contribution is -2.52. The van der Waals surface area contributed by atoms with Crippen LogP contribution >= 0.6 is 0 Å². The lowest BCUT2D eigenvalue weighted by molar-refractivity contribution is -0.0907. The van der Waals surface area contributed by atoms with Gasteiger partial charge < -0.3 is 39.0 Å². The molecule has 2 aromatic carbocycles. The minimum atomic E-state index is -4.16. The summed E-state index contributed by atoms with van der Waals surface area (Å²) in [7, 11) is -0.739. The Kier molecular flexibility index (Phi) is 11.9. The van der Waals surface area contributed by atoms with Crippen molar-refractivity contribution < 1.29 is 42.0 Å². The highest BCUT2D eigenvalue weighted by molar-refractivity contribution is 7.89. The van der Waals surface area contributed by atoms with Crippen LogP contribution in [0.2, 0.25) is 0 Å². The van der Waals surface area contributed by atoms with Crippen LogP contribution in [0.3, 0.4) is 0 Å². The third-order valence-electron chi connectivity index (χ3n) is 8.56. The SMILES string of the molecule is COc1ccc2c(c1)OCCC/C=C\CN(C)CCN(C[C@@H](O)[C@H](Cc1ccccc1)NC(=O)O[C@H]1CO[C@H]3OCC[C@H]31)S2(=O)=O. The maximum atomic E-state index is 14.3. The average molecular weight is 660 g/mol. The molecule has 12 nitrogen and oxygen atoms in total. The molecule has 1 amide bonds. The summed E-state index contributed by atoms with van der Waals surface area (Å²) in [4.78, 5) is 15.2. The summed E-state index contributed by atoms with van der Waals surface area (Å²) in [6, 6.07) is 13.2. The lowest BCUT2D eigenvalue weighted by atomic mass is 10.0. The standard InChI is InChI=1S/C33H45N3O9S/c1-35-15-8-3-4-9-18-42-29-21-25(41-2)12-13-31(29)46(39,40)36(17-16-35)22-28(37)27(20-24-10-6-5-7-11-24)34-33(38)45-30-23-44-32-26(30)14-19-43-32/h3,5-8,10-13,21,26-28,30,32,37H,4,9,14-20,22-23H2,1-2H3,(H,34,38)/b8-3-/t26-,27-,28+,30-,32+/m0/s1. The van der Waals surface area contributed by atoms with E-state index >= 15 is 0 Å². The second-order valence-electron chi connectivity index (χ2n) is 11.9. The van der Waals surface area contributed by atoms with Gasteiger partial charge >= 0.3 is 6.09 Å². The number of carbonyl (C=O) groups is 1. The highest BCUT2D eigenvalue weighted by Gasteiger charge is 2.44. The Morgan fingerprint density at radius 1 is 1.11 bits per heavy atom. The van der Waals surface area contributed by atoms with Crippen LogP contribution in [0.5, 0.6) is 11.5 Å². The Labute approximate surface area is 271 Å². The molecule has 0 spiro atoms. The van der Waals surface area contributed by atoms with Gasteiger partial charge in [0.1, 0.15) is 22.5 Å². The molecule has 3 heterocycles. The molecule has 13 heteroatoms. The Hall–Kier alpha value is -3.20. The van der Waals surface area contributed by atoms with Gasteiger partial charge in [-0.1, -0.05) is 42.5 Å². The smallest absolute Gasteiger partial charge is 0.407 e. The van der Waals surface area contributed by atoms with Crippen LogP contribution in [0.15, 0.2) is 65.6 Å². The molecule has 0 saturated carbocycles. The summed E-state index contributed by atoms with van der Waals surface area (Å²) in [6.45, 7) is 1.98. The van der Waals surface area contributed by atoms with Gasteiger partial charge in [-0.2, -0.15) is 4.31 Å². The molecule has 3 aliphatic heterocycles. The first kappa shape index (κ1) is 34.1. The molecule has 0 aliphatic carbocycles. The van der Waals surface area contributed by atoms with Crippen LogP contribution < -0.4 is 14.8 Å². The first-order valence-electron chi connectivity index (χ1n) is 15.8. The van der Waals surface area contributed by atoms with Gasteiger partial charge in [0.25, 0.3) is 0 Å². The second kappa shape index (κ2) is 16.1. The number of fused-ring (bicyclic) bond motifs is 2. The predicted molar refractivity (Wildman–Crippen MR) is 170 cm³/mol. The number of sulfonamides is 1. The van der Waals surface area contributed by atoms with Gasteiger partial charge in [0.2, 0.25) is 10.0 Å². The number of β-amino-alcohol motifs (C(OH)–C–C–N with tert-alkyl or cyclic N) is 1. The fraction of sp³-hybridized carbons (Fsp3) is 0.545. The van der Waals surface area contributed by atoms with Gasteiger partial charge in [-0.05, 0) is 50.4 Å². The number of carbonyl (C=O) groups excluding carboxylic acids is 1. The molecule has 2 saturated heterocycles. The number of aliphatic hydroxyl groups excluding tert-OH is 1. The number of ether oxygens (including phenoxy) is 5. The molecule has 5 rings (SSSR count). The number of hydrogen-bond donors (Lipinski definition) is 2. The molecule has 0 bridgehead atoms. The number of alkyl carbamates (subject to hydrolysis) is 1. The predicted octanol–water partition coefficient (Wildman–Crippen LogP) is 2.81. The van der Waals surface area contributed by atoms with Crippen molar-refractivity contribution in [3.8, 4) is 11.5 Å². The van der Waals surface area contributed by atoms with Gasteiger partial charge in [-0.25, -0.2) is 13.2 Å². The monoisotopic (exact) mass is 659 g/mol. The molecule has 2 fully saturated rings. The minimum absolute atomic E-state index is 0.0164. The average Bonchev–Trinajstić information content (AvgIpc) is 3.67. The number of nitrogens with one attached hydrogen (secondary N) is 1. The van der Waals surface area contributed by atoms with Gasteiger partial charge in [-0.15, -0.1) is 0 Å². The van der Waals surface area contributed by atoms with Gasteiger partial charge in [0.15, 0.2) is 6.29 Å².